The lowest BCUT2D eigenvalue weighted by molar-refractivity contribution is -0.160. The molecule has 1 rings (SSSR count). The Balaban J connectivity index is 2.44. The van der Waals surface area contributed by atoms with Gasteiger partial charge in [0.25, 0.3) is 0 Å². The summed E-state index contributed by atoms with van der Waals surface area (Å²) in [7, 11) is 2.50. The second-order valence-electron chi connectivity index (χ2n) is 4.79. The monoisotopic (exact) mass is 288 g/mol. The predicted molar refractivity (Wildman–Crippen MR) is 70.9 cm³/mol. The van der Waals surface area contributed by atoms with Gasteiger partial charge in [-0.3, -0.25) is 0 Å². The molecule has 0 radical (unpaired) electrons. The number of rotatable bonds is 8. The largest absolute Gasteiger partial charge is 0.467 e. The number of carbonyl (C=O) groups excluding carboxylic acids is 2. The van der Waals surface area contributed by atoms with Crippen molar-refractivity contribution in [2.24, 2.45) is 0 Å². The maximum Gasteiger partial charge on any atom is 0.338 e. The summed E-state index contributed by atoms with van der Waals surface area (Å²) >= 11 is 0. The summed E-state index contributed by atoms with van der Waals surface area (Å²) in [4.78, 5) is 23.1. The molecule has 2 atom stereocenters. The van der Waals surface area contributed by atoms with Crippen molar-refractivity contribution in [3.8, 4) is 0 Å². The molecule has 2 unspecified atom stereocenters. The predicted octanol–water partition coefficient (Wildman–Crippen LogP) is 1.80. The van der Waals surface area contributed by atoms with Gasteiger partial charge in [-0.15, -0.1) is 0 Å². The normalized spacial score (nSPS) is 25.4. The highest BCUT2D eigenvalue weighted by Crippen LogP contribution is 2.25. The summed E-state index contributed by atoms with van der Waals surface area (Å²) in [5.74, 6) is -1.23. The van der Waals surface area contributed by atoms with Crippen molar-refractivity contribution >= 4 is 11.9 Å². The number of hydrogen-bond donors (Lipinski definition) is 0. The van der Waals surface area contributed by atoms with Crippen LogP contribution < -0.4 is 0 Å². The fourth-order valence-corrected chi connectivity index (χ4v) is 2.14. The molecule has 116 valence electrons. The molecule has 6 nitrogen and oxygen atoms in total. The Bertz CT molecular complexity index is 293. The number of ether oxygens (including phenoxy) is 4. The Labute approximate surface area is 119 Å². The van der Waals surface area contributed by atoms with Gasteiger partial charge in [-0.2, -0.15) is 0 Å². The van der Waals surface area contributed by atoms with Crippen LogP contribution in [0.3, 0.4) is 0 Å². The molecule has 20 heavy (non-hydrogen) atoms. The Hall–Kier alpha value is -1.14. The number of methoxy groups -OCH3 is 2. The zero-order valence-corrected chi connectivity index (χ0v) is 12.4. The molecular weight excluding hydrogens is 264 g/mol. The standard InChI is InChI=1S/C14H24O6/c1-4-5-6-7-8-9-10-19-11(13(15)17-2)12(20-10)14(16)18-3/h10-12H,4-9H2,1-3H3. The van der Waals surface area contributed by atoms with Crippen LogP contribution in [0, 0.1) is 0 Å². The van der Waals surface area contributed by atoms with Gasteiger partial charge >= 0.3 is 11.9 Å². The van der Waals surface area contributed by atoms with E-state index in [-0.39, 0.29) is 0 Å². The van der Waals surface area contributed by atoms with E-state index < -0.39 is 30.4 Å². The summed E-state index contributed by atoms with van der Waals surface area (Å²) in [5, 5.41) is 0. The molecule has 0 aromatic rings. The molecular formula is C14H24O6. The van der Waals surface area contributed by atoms with Gasteiger partial charge in [-0.1, -0.05) is 32.6 Å². The van der Waals surface area contributed by atoms with Crippen LogP contribution in [0.15, 0.2) is 0 Å². The van der Waals surface area contributed by atoms with Crippen LogP contribution in [0.2, 0.25) is 0 Å². The van der Waals surface area contributed by atoms with Crippen molar-refractivity contribution in [1.29, 1.82) is 0 Å². The van der Waals surface area contributed by atoms with Crippen LogP contribution in [0.25, 0.3) is 0 Å². The number of esters is 2. The molecule has 0 aliphatic carbocycles. The molecule has 0 saturated carbocycles. The molecule has 0 N–H and O–H groups in total. The van der Waals surface area contributed by atoms with E-state index in [9.17, 15) is 9.59 Å². The molecule has 0 aromatic carbocycles. The first-order chi connectivity index (χ1) is 9.63. The zero-order valence-electron chi connectivity index (χ0n) is 12.4. The van der Waals surface area contributed by atoms with Gasteiger partial charge in [0.2, 0.25) is 0 Å². The second kappa shape index (κ2) is 8.92. The zero-order chi connectivity index (χ0) is 15.0. The van der Waals surface area contributed by atoms with Crippen molar-refractivity contribution in [3.05, 3.63) is 0 Å². The SMILES string of the molecule is CCCCCCCC1OC(C(=O)OC)C(C(=O)OC)O1. The van der Waals surface area contributed by atoms with Gasteiger partial charge in [-0.05, 0) is 12.8 Å². The quantitative estimate of drug-likeness (QED) is 0.501. The first kappa shape index (κ1) is 16.9. The minimum Gasteiger partial charge on any atom is -0.467 e. The molecule has 0 amide bonds. The van der Waals surface area contributed by atoms with Crippen LogP contribution in [0.4, 0.5) is 0 Å². The van der Waals surface area contributed by atoms with Crippen molar-refractivity contribution in [2.75, 3.05) is 14.2 Å². The lowest BCUT2D eigenvalue weighted by Crippen LogP contribution is -2.38. The summed E-state index contributed by atoms with van der Waals surface area (Å²) in [6.07, 6.45) is 3.63. The maximum atomic E-state index is 11.6. The third-order valence-corrected chi connectivity index (χ3v) is 3.28. The van der Waals surface area contributed by atoms with Gasteiger partial charge < -0.3 is 18.9 Å². The van der Waals surface area contributed by atoms with Crippen LogP contribution in [-0.2, 0) is 28.5 Å². The first-order valence-corrected chi connectivity index (χ1v) is 7.10. The molecule has 0 spiro atoms. The number of carbonyl (C=O) groups is 2. The Morgan fingerprint density at radius 1 is 0.900 bits per heavy atom. The molecule has 1 fully saturated rings. The third kappa shape index (κ3) is 4.76. The van der Waals surface area contributed by atoms with Crippen LogP contribution >= 0.6 is 0 Å². The molecule has 6 heteroatoms. The summed E-state index contributed by atoms with van der Waals surface area (Å²) in [5.41, 5.74) is 0. The molecule has 1 aliphatic heterocycles. The summed E-state index contributed by atoms with van der Waals surface area (Å²) in [6.45, 7) is 2.16. The van der Waals surface area contributed by atoms with E-state index in [1.165, 1.54) is 33.5 Å². The topological polar surface area (TPSA) is 71.1 Å². The average Bonchev–Trinajstić information content (AvgIpc) is 2.89. The third-order valence-electron chi connectivity index (χ3n) is 3.28. The van der Waals surface area contributed by atoms with E-state index in [1.807, 2.05) is 0 Å². The first-order valence-electron chi connectivity index (χ1n) is 7.10. The molecule has 1 saturated heterocycles. The van der Waals surface area contributed by atoms with E-state index in [1.54, 1.807) is 0 Å². The molecule has 1 aliphatic rings. The van der Waals surface area contributed by atoms with Crippen LogP contribution in [0.1, 0.15) is 45.4 Å². The lowest BCUT2D eigenvalue weighted by Gasteiger charge is -2.11. The highest BCUT2D eigenvalue weighted by Gasteiger charge is 2.46. The van der Waals surface area contributed by atoms with Gasteiger partial charge in [0, 0.05) is 0 Å². The van der Waals surface area contributed by atoms with Crippen molar-refractivity contribution < 1.29 is 28.5 Å². The van der Waals surface area contributed by atoms with E-state index in [0.717, 1.165) is 12.8 Å². The number of hydrogen-bond acceptors (Lipinski definition) is 6. The van der Waals surface area contributed by atoms with E-state index in [0.29, 0.717) is 6.42 Å². The Morgan fingerprint density at radius 2 is 1.40 bits per heavy atom. The highest BCUT2D eigenvalue weighted by molar-refractivity contribution is 5.86. The van der Waals surface area contributed by atoms with Crippen molar-refractivity contribution in [3.63, 3.8) is 0 Å². The molecule has 0 bridgehead atoms. The minimum atomic E-state index is -1.03. The van der Waals surface area contributed by atoms with E-state index >= 15 is 0 Å². The van der Waals surface area contributed by atoms with Crippen LogP contribution in [0.5, 0.6) is 0 Å². The maximum absolute atomic E-state index is 11.6. The Morgan fingerprint density at radius 3 is 1.85 bits per heavy atom. The summed E-state index contributed by atoms with van der Waals surface area (Å²) < 4.78 is 20.1. The van der Waals surface area contributed by atoms with Gasteiger partial charge in [0.15, 0.2) is 18.5 Å². The van der Waals surface area contributed by atoms with Crippen molar-refractivity contribution in [1.82, 2.24) is 0 Å². The molecule has 1 heterocycles. The van der Waals surface area contributed by atoms with Gasteiger partial charge in [0.1, 0.15) is 0 Å². The minimum absolute atomic E-state index is 0.551. The smallest absolute Gasteiger partial charge is 0.338 e. The number of unbranched alkanes of at least 4 members (excludes halogenated alkanes) is 4. The Kier molecular flexibility index (Phi) is 7.54. The lowest BCUT2D eigenvalue weighted by atomic mass is 10.1. The van der Waals surface area contributed by atoms with Crippen molar-refractivity contribution in [2.45, 2.75) is 63.9 Å². The van der Waals surface area contributed by atoms with E-state index in [4.69, 9.17) is 9.47 Å². The van der Waals surface area contributed by atoms with E-state index in [2.05, 4.69) is 16.4 Å². The second-order valence-corrected chi connectivity index (χ2v) is 4.79. The molecule has 0 aromatic heterocycles. The highest BCUT2D eigenvalue weighted by atomic mass is 16.8. The summed E-state index contributed by atoms with van der Waals surface area (Å²) in [6, 6.07) is 0. The van der Waals surface area contributed by atoms with Gasteiger partial charge in [0.05, 0.1) is 14.2 Å². The fraction of sp³-hybridized carbons (Fsp3) is 0.857. The fourth-order valence-electron chi connectivity index (χ4n) is 2.14. The van der Waals surface area contributed by atoms with Gasteiger partial charge in [-0.25, -0.2) is 9.59 Å². The van der Waals surface area contributed by atoms with Crippen LogP contribution in [-0.4, -0.2) is 44.7 Å². The average molecular weight is 288 g/mol.